The molecular formula is C19H18F2N2O2. The molecule has 0 bridgehead atoms. The molecule has 0 saturated carbocycles. The number of carbonyl (C=O) groups is 1. The van der Waals surface area contributed by atoms with E-state index in [9.17, 15) is 18.7 Å². The third-order valence-electron chi connectivity index (χ3n) is 4.13. The number of nitrogens with zero attached hydrogens (tertiary/aromatic N) is 1. The van der Waals surface area contributed by atoms with Gasteiger partial charge in [-0.3, -0.25) is 9.69 Å². The van der Waals surface area contributed by atoms with Gasteiger partial charge in [0.1, 0.15) is 23.1 Å². The van der Waals surface area contributed by atoms with E-state index in [2.05, 4.69) is 5.32 Å². The first-order chi connectivity index (χ1) is 12.0. The van der Waals surface area contributed by atoms with Crippen molar-refractivity contribution in [3.8, 4) is 5.75 Å². The van der Waals surface area contributed by atoms with Crippen LogP contribution >= 0.6 is 0 Å². The molecule has 2 aromatic carbocycles. The van der Waals surface area contributed by atoms with Crippen LogP contribution in [0.3, 0.4) is 0 Å². The fourth-order valence-electron chi connectivity index (χ4n) is 2.79. The van der Waals surface area contributed by atoms with Crippen molar-refractivity contribution in [1.29, 1.82) is 0 Å². The van der Waals surface area contributed by atoms with E-state index in [0.29, 0.717) is 13.1 Å². The zero-order valence-electron chi connectivity index (χ0n) is 13.5. The SMILES string of the molecule is O=C(CN1CC=C(c2ccc(O)cc2)CC1)Nc1c(F)cccc1F. The first-order valence-corrected chi connectivity index (χ1v) is 7.97. The lowest BCUT2D eigenvalue weighted by Gasteiger charge is -2.26. The first kappa shape index (κ1) is 17.1. The van der Waals surface area contributed by atoms with Gasteiger partial charge in [-0.15, -0.1) is 0 Å². The Morgan fingerprint density at radius 3 is 2.40 bits per heavy atom. The van der Waals surface area contributed by atoms with Crippen molar-refractivity contribution in [2.24, 2.45) is 0 Å². The Morgan fingerprint density at radius 2 is 1.80 bits per heavy atom. The summed E-state index contributed by atoms with van der Waals surface area (Å²) in [5.74, 6) is -1.81. The van der Waals surface area contributed by atoms with Crippen LogP contribution in [-0.2, 0) is 4.79 Å². The van der Waals surface area contributed by atoms with Crippen LogP contribution in [0, 0.1) is 11.6 Å². The summed E-state index contributed by atoms with van der Waals surface area (Å²) in [5.41, 5.74) is 1.77. The molecule has 130 valence electrons. The maximum atomic E-state index is 13.6. The second-order valence-corrected chi connectivity index (χ2v) is 5.91. The molecular weight excluding hydrogens is 326 g/mol. The van der Waals surface area contributed by atoms with Crippen molar-refractivity contribution in [1.82, 2.24) is 4.90 Å². The number of hydrogen-bond acceptors (Lipinski definition) is 3. The maximum Gasteiger partial charge on any atom is 0.238 e. The third kappa shape index (κ3) is 4.22. The van der Waals surface area contributed by atoms with Crippen LogP contribution in [0.2, 0.25) is 0 Å². The molecule has 0 aromatic heterocycles. The van der Waals surface area contributed by atoms with Gasteiger partial charge in [0.05, 0.1) is 6.54 Å². The van der Waals surface area contributed by atoms with Gasteiger partial charge in [-0.1, -0.05) is 24.3 Å². The fraction of sp³-hybridized carbons (Fsp3) is 0.211. The minimum Gasteiger partial charge on any atom is -0.508 e. The third-order valence-corrected chi connectivity index (χ3v) is 4.13. The van der Waals surface area contributed by atoms with E-state index < -0.39 is 23.2 Å². The smallest absolute Gasteiger partial charge is 0.238 e. The second kappa shape index (κ2) is 7.44. The predicted molar refractivity (Wildman–Crippen MR) is 92.1 cm³/mol. The molecule has 25 heavy (non-hydrogen) atoms. The van der Waals surface area contributed by atoms with E-state index in [1.54, 1.807) is 12.1 Å². The molecule has 0 spiro atoms. The Bertz CT molecular complexity index is 783. The highest BCUT2D eigenvalue weighted by Crippen LogP contribution is 2.24. The van der Waals surface area contributed by atoms with E-state index in [0.717, 1.165) is 29.7 Å². The highest BCUT2D eigenvalue weighted by molar-refractivity contribution is 5.92. The lowest BCUT2D eigenvalue weighted by Crippen LogP contribution is -2.36. The molecule has 0 radical (unpaired) electrons. The van der Waals surface area contributed by atoms with Crippen LogP contribution in [0.15, 0.2) is 48.5 Å². The van der Waals surface area contributed by atoms with Gasteiger partial charge < -0.3 is 10.4 Å². The van der Waals surface area contributed by atoms with Gasteiger partial charge in [0, 0.05) is 13.1 Å². The number of carbonyl (C=O) groups excluding carboxylic acids is 1. The normalized spacial score (nSPS) is 14.9. The van der Waals surface area contributed by atoms with Crippen molar-refractivity contribution in [2.75, 3.05) is 25.0 Å². The number of halogens is 2. The lowest BCUT2D eigenvalue weighted by molar-refractivity contribution is -0.117. The number of nitrogens with one attached hydrogen (secondary N) is 1. The van der Waals surface area contributed by atoms with Gasteiger partial charge in [0.2, 0.25) is 5.91 Å². The van der Waals surface area contributed by atoms with Crippen molar-refractivity contribution >= 4 is 17.2 Å². The molecule has 0 saturated heterocycles. The minimum atomic E-state index is -0.790. The molecule has 0 fully saturated rings. The molecule has 3 rings (SSSR count). The van der Waals surface area contributed by atoms with Gasteiger partial charge in [-0.2, -0.15) is 0 Å². The topological polar surface area (TPSA) is 52.6 Å². The number of phenolic OH excluding ortho intramolecular Hbond substituents is 1. The van der Waals surface area contributed by atoms with Crippen LogP contribution in [-0.4, -0.2) is 35.5 Å². The number of amides is 1. The zero-order chi connectivity index (χ0) is 17.8. The Balaban J connectivity index is 1.58. The molecule has 4 nitrogen and oxygen atoms in total. The van der Waals surface area contributed by atoms with Crippen molar-refractivity contribution < 1.29 is 18.7 Å². The average molecular weight is 344 g/mol. The Hall–Kier alpha value is -2.73. The standard InChI is InChI=1S/C19H18F2N2O2/c20-16-2-1-3-17(21)19(16)22-18(25)12-23-10-8-14(9-11-23)13-4-6-15(24)7-5-13/h1-8,24H,9-12H2,(H,22,25). The molecule has 0 aliphatic carbocycles. The summed E-state index contributed by atoms with van der Waals surface area (Å²) in [4.78, 5) is 13.9. The van der Waals surface area contributed by atoms with Gasteiger partial charge in [-0.25, -0.2) is 8.78 Å². The van der Waals surface area contributed by atoms with Crippen LogP contribution in [0.4, 0.5) is 14.5 Å². The maximum absolute atomic E-state index is 13.6. The number of phenols is 1. The molecule has 1 amide bonds. The van der Waals surface area contributed by atoms with Crippen LogP contribution < -0.4 is 5.32 Å². The van der Waals surface area contributed by atoms with E-state index in [-0.39, 0.29) is 12.3 Å². The number of rotatable bonds is 4. The zero-order valence-corrected chi connectivity index (χ0v) is 13.5. The van der Waals surface area contributed by atoms with Gasteiger partial charge in [-0.05, 0) is 41.8 Å². The van der Waals surface area contributed by atoms with Crippen LogP contribution in [0.1, 0.15) is 12.0 Å². The number of hydrogen-bond donors (Lipinski definition) is 2. The monoisotopic (exact) mass is 344 g/mol. The fourth-order valence-corrected chi connectivity index (χ4v) is 2.79. The summed E-state index contributed by atoms with van der Waals surface area (Å²) >= 11 is 0. The molecule has 0 unspecified atom stereocenters. The number of benzene rings is 2. The highest BCUT2D eigenvalue weighted by atomic mass is 19.1. The summed E-state index contributed by atoms with van der Waals surface area (Å²) in [6.45, 7) is 1.30. The summed E-state index contributed by atoms with van der Waals surface area (Å²) in [5, 5.41) is 11.6. The van der Waals surface area contributed by atoms with Crippen LogP contribution in [0.5, 0.6) is 5.75 Å². The Kier molecular flexibility index (Phi) is 5.09. The molecule has 6 heteroatoms. The molecule has 1 aliphatic heterocycles. The average Bonchev–Trinajstić information content (AvgIpc) is 2.60. The van der Waals surface area contributed by atoms with Crippen molar-refractivity contribution in [3.05, 3.63) is 65.7 Å². The van der Waals surface area contributed by atoms with E-state index in [1.807, 2.05) is 23.1 Å². The first-order valence-electron chi connectivity index (χ1n) is 7.97. The number of para-hydroxylation sites is 1. The Morgan fingerprint density at radius 1 is 1.12 bits per heavy atom. The molecule has 2 aromatic rings. The second-order valence-electron chi connectivity index (χ2n) is 5.91. The van der Waals surface area contributed by atoms with Crippen molar-refractivity contribution in [2.45, 2.75) is 6.42 Å². The number of anilines is 1. The Labute approximate surface area is 144 Å². The van der Waals surface area contributed by atoms with Gasteiger partial charge in [0.25, 0.3) is 0 Å². The molecule has 2 N–H and O–H groups in total. The van der Waals surface area contributed by atoms with E-state index >= 15 is 0 Å². The summed E-state index contributed by atoms with van der Waals surface area (Å²) < 4.78 is 27.1. The molecule has 0 atom stereocenters. The van der Waals surface area contributed by atoms with E-state index in [1.165, 1.54) is 6.07 Å². The van der Waals surface area contributed by atoms with Crippen LogP contribution in [0.25, 0.3) is 5.57 Å². The van der Waals surface area contributed by atoms with Gasteiger partial charge in [0.15, 0.2) is 0 Å². The predicted octanol–water partition coefficient (Wildman–Crippen LogP) is 3.40. The molecule has 1 heterocycles. The van der Waals surface area contributed by atoms with Gasteiger partial charge >= 0.3 is 0 Å². The quantitative estimate of drug-likeness (QED) is 0.894. The lowest BCUT2D eigenvalue weighted by atomic mass is 9.99. The number of aromatic hydroxyl groups is 1. The summed E-state index contributed by atoms with van der Waals surface area (Å²) in [6, 6.07) is 10.4. The summed E-state index contributed by atoms with van der Waals surface area (Å²) in [6.07, 6.45) is 2.78. The molecule has 1 aliphatic rings. The minimum absolute atomic E-state index is 0.0626. The highest BCUT2D eigenvalue weighted by Gasteiger charge is 2.18. The largest absolute Gasteiger partial charge is 0.508 e. The summed E-state index contributed by atoms with van der Waals surface area (Å²) in [7, 11) is 0. The van der Waals surface area contributed by atoms with E-state index in [4.69, 9.17) is 0 Å². The van der Waals surface area contributed by atoms with Crippen molar-refractivity contribution in [3.63, 3.8) is 0 Å².